The monoisotopic (exact) mass is 296 g/mol. The van der Waals surface area contributed by atoms with Crippen LogP contribution in [0.25, 0.3) is 0 Å². The van der Waals surface area contributed by atoms with Gasteiger partial charge in [0.15, 0.2) is 5.78 Å². The van der Waals surface area contributed by atoms with Gasteiger partial charge in [-0.15, -0.1) is 18.3 Å². The van der Waals surface area contributed by atoms with Gasteiger partial charge in [-0.2, -0.15) is 0 Å². The predicted octanol–water partition coefficient (Wildman–Crippen LogP) is 5.22. The summed E-state index contributed by atoms with van der Waals surface area (Å²) in [5.74, 6) is 0.168. The largest absolute Gasteiger partial charge is 0.293 e. The van der Waals surface area contributed by atoms with E-state index in [9.17, 15) is 4.79 Å². The van der Waals surface area contributed by atoms with Crippen molar-refractivity contribution in [2.45, 2.75) is 30.4 Å². The maximum absolute atomic E-state index is 12.7. The Kier molecular flexibility index (Phi) is 5.40. The summed E-state index contributed by atoms with van der Waals surface area (Å²) >= 11 is 1.64. The highest BCUT2D eigenvalue weighted by Gasteiger charge is 2.20. The molecule has 0 aliphatic heterocycles. The number of benzene rings is 2. The number of ketones is 1. The molecular formula is C19H20OS. The summed E-state index contributed by atoms with van der Waals surface area (Å²) in [5.41, 5.74) is 3.19. The van der Waals surface area contributed by atoms with Gasteiger partial charge in [0.2, 0.25) is 0 Å². The molecule has 0 bridgehead atoms. The molecular weight excluding hydrogens is 276 g/mol. The van der Waals surface area contributed by atoms with Crippen LogP contribution in [-0.2, 0) is 0 Å². The third-order valence-electron chi connectivity index (χ3n) is 3.34. The molecule has 0 aromatic heterocycles. The molecule has 1 unspecified atom stereocenters. The Labute approximate surface area is 131 Å². The van der Waals surface area contributed by atoms with Gasteiger partial charge in [0.05, 0.1) is 5.25 Å². The van der Waals surface area contributed by atoms with Crippen LogP contribution in [0.3, 0.4) is 0 Å². The maximum atomic E-state index is 12.7. The summed E-state index contributed by atoms with van der Waals surface area (Å²) in [5, 5.41) is -0.120. The second-order valence-electron chi connectivity index (χ2n) is 5.13. The lowest BCUT2D eigenvalue weighted by molar-refractivity contribution is 0.0990. The molecule has 0 heterocycles. The van der Waals surface area contributed by atoms with Gasteiger partial charge in [-0.05, 0) is 31.9 Å². The first kappa shape index (κ1) is 15.6. The van der Waals surface area contributed by atoms with E-state index < -0.39 is 0 Å². The average molecular weight is 296 g/mol. The van der Waals surface area contributed by atoms with E-state index in [0.717, 1.165) is 5.56 Å². The molecule has 0 aliphatic rings. The highest BCUT2D eigenvalue weighted by molar-refractivity contribution is 8.00. The van der Waals surface area contributed by atoms with Crippen molar-refractivity contribution in [2.75, 3.05) is 0 Å². The molecule has 0 fully saturated rings. The molecule has 0 spiro atoms. The molecule has 2 aromatic carbocycles. The lowest BCUT2D eigenvalue weighted by atomic mass is 10.1. The Hall–Kier alpha value is -1.80. The first-order chi connectivity index (χ1) is 10.1. The van der Waals surface area contributed by atoms with Crippen LogP contribution in [0.2, 0.25) is 0 Å². The highest BCUT2D eigenvalue weighted by Crippen LogP contribution is 2.31. The minimum Gasteiger partial charge on any atom is -0.293 e. The second kappa shape index (κ2) is 7.28. The zero-order valence-electron chi connectivity index (χ0n) is 12.5. The summed E-state index contributed by atoms with van der Waals surface area (Å²) in [6.07, 6.45) is 2.50. The fraction of sp³-hybridized carbons (Fsp3) is 0.211. The number of thioether (sulfide) groups is 1. The molecule has 0 radical (unpaired) electrons. The molecule has 1 nitrogen and oxygen atoms in total. The Morgan fingerprint density at radius 2 is 1.90 bits per heavy atom. The van der Waals surface area contributed by atoms with Gasteiger partial charge in [0.25, 0.3) is 0 Å². The van der Waals surface area contributed by atoms with Crippen LogP contribution < -0.4 is 0 Å². The van der Waals surface area contributed by atoms with Crippen molar-refractivity contribution in [3.63, 3.8) is 0 Å². The number of allylic oxidation sites excluding steroid dienone is 1. The number of aryl methyl sites for hydroxylation is 2. The minimum absolute atomic E-state index is 0.120. The van der Waals surface area contributed by atoms with E-state index in [2.05, 4.69) is 38.6 Å². The van der Waals surface area contributed by atoms with Gasteiger partial charge < -0.3 is 0 Å². The standard InChI is InChI=1S/C19H20OS/c1-4-8-17(19(20)16-9-6-5-7-10-16)21-18-13-14(2)11-12-15(18)3/h4-7,9-13,17H,1,8H2,2-3H3. The molecule has 2 heteroatoms. The van der Waals surface area contributed by atoms with E-state index in [4.69, 9.17) is 0 Å². The van der Waals surface area contributed by atoms with Crippen molar-refractivity contribution in [2.24, 2.45) is 0 Å². The number of hydrogen-bond acceptors (Lipinski definition) is 2. The molecule has 0 aliphatic carbocycles. The lowest BCUT2D eigenvalue weighted by Gasteiger charge is -2.16. The number of carbonyl (C=O) groups excluding carboxylic acids is 1. The topological polar surface area (TPSA) is 17.1 Å². The van der Waals surface area contributed by atoms with Gasteiger partial charge in [-0.1, -0.05) is 54.1 Å². The van der Waals surface area contributed by atoms with Crippen LogP contribution in [0.4, 0.5) is 0 Å². The van der Waals surface area contributed by atoms with Crippen molar-refractivity contribution < 1.29 is 4.79 Å². The molecule has 0 saturated heterocycles. The van der Waals surface area contributed by atoms with Gasteiger partial charge in [0.1, 0.15) is 0 Å². The summed E-state index contributed by atoms with van der Waals surface area (Å²) in [7, 11) is 0. The van der Waals surface area contributed by atoms with E-state index in [1.54, 1.807) is 11.8 Å². The highest BCUT2D eigenvalue weighted by atomic mass is 32.2. The molecule has 2 rings (SSSR count). The van der Waals surface area contributed by atoms with Crippen molar-refractivity contribution in [3.05, 3.63) is 77.9 Å². The molecule has 1 atom stereocenters. The summed E-state index contributed by atoms with van der Waals surface area (Å²) in [6, 6.07) is 15.8. The van der Waals surface area contributed by atoms with E-state index in [-0.39, 0.29) is 11.0 Å². The maximum Gasteiger partial charge on any atom is 0.176 e. The third kappa shape index (κ3) is 4.08. The zero-order valence-corrected chi connectivity index (χ0v) is 13.3. The first-order valence-corrected chi connectivity index (χ1v) is 7.94. The van der Waals surface area contributed by atoms with Crippen LogP contribution in [-0.4, -0.2) is 11.0 Å². The molecule has 2 aromatic rings. The van der Waals surface area contributed by atoms with Gasteiger partial charge in [-0.3, -0.25) is 4.79 Å². The quantitative estimate of drug-likeness (QED) is 0.413. The summed E-state index contributed by atoms with van der Waals surface area (Å²) in [4.78, 5) is 13.8. The van der Waals surface area contributed by atoms with E-state index in [1.807, 2.05) is 36.4 Å². The number of rotatable bonds is 6. The normalized spacial score (nSPS) is 11.9. The Morgan fingerprint density at radius 1 is 1.19 bits per heavy atom. The predicted molar refractivity (Wildman–Crippen MR) is 91.1 cm³/mol. The molecule has 0 N–H and O–H groups in total. The van der Waals surface area contributed by atoms with Crippen LogP contribution >= 0.6 is 11.8 Å². The van der Waals surface area contributed by atoms with Crippen LogP contribution in [0, 0.1) is 13.8 Å². The van der Waals surface area contributed by atoms with Crippen molar-refractivity contribution in [1.29, 1.82) is 0 Å². The van der Waals surface area contributed by atoms with E-state index >= 15 is 0 Å². The van der Waals surface area contributed by atoms with Crippen LogP contribution in [0.1, 0.15) is 27.9 Å². The van der Waals surface area contributed by atoms with Crippen LogP contribution in [0.5, 0.6) is 0 Å². The molecule has 0 saturated carbocycles. The molecule has 0 amide bonds. The second-order valence-corrected chi connectivity index (χ2v) is 6.37. The summed E-state index contributed by atoms with van der Waals surface area (Å²) < 4.78 is 0. The zero-order chi connectivity index (χ0) is 15.2. The average Bonchev–Trinajstić information content (AvgIpc) is 2.50. The van der Waals surface area contributed by atoms with Gasteiger partial charge >= 0.3 is 0 Å². The van der Waals surface area contributed by atoms with Crippen molar-refractivity contribution in [3.8, 4) is 0 Å². The Morgan fingerprint density at radius 3 is 2.57 bits per heavy atom. The first-order valence-electron chi connectivity index (χ1n) is 7.06. The fourth-order valence-electron chi connectivity index (χ4n) is 2.14. The Balaban J connectivity index is 2.25. The third-order valence-corrected chi connectivity index (χ3v) is 4.73. The summed E-state index contributed by atoms with van der Waals surface area (Å²) in [6.45, 7) is 7.95. The van der Waals surface area contributed by atoms with E-state index in [1.165, 1.54) is 16.0 Å². The smallest absolute Gasteiger partial charge is 0.176 e. The Bertz CT molecular complexity index is 631. The minimum atomic E-state index is -0.120. The fourth-order valence-corrected chi connectivity index (χ4v) is 3.43. The molecule has 21 heavy (non-hydrogen) atoms. The van der Waals surface area contributed by atoms with Crippen LogP contribution in [0.15, 0.2) is 66.1 Å². The number of hydrogen-bond donors (Lipinski definition) is 0. The van der Waals surface area contributed by atoms with Gasteiger partial charge in [0, 0.05) is 10.5 Å². The lowest BCUT2D eigenvalue weighted by Crippen LogP contribution is -2.16. The molecule has 108 valence electrons. The van der Waals surface area contributed by atoms with Crippen molar-refractivity contribution in [1.82, 2.24) is 0 Å². The van der Waals surface area contributed by atoms with E-state index in [0.29, 0.717) is 6.42 Å². The van der Waals surface area contributed by atoms with Crippen molar-refractivity contribution >= 4 is 17.5 Å². The SMILES string of the molecule is C=CCC(Sc1cc(C)ccc1C)C(=O)c1ccccc1. The number of carbonyl (C=O) groups is 1. The number of Topliss-reactive ketones (excluding diaryl/α,β-unsaturated/α-hetero) is 1. The van der Waals surface area contributed by atoms with Gasteiger partial charge in [-0.25, -0.2) is 0 Å².